The second kappa shape index (κ2) is 3.59. The maximum Gasteiger partial charge on any atom is 0.302 e. The lowest BCUT2D eigenvalue weighted by atomic mass is 9.68. The van der Waals surface area contributed by atoms with E-state index in [0.717, 1.165) is 0 Å². The Morgan fingerprint density at radius 1 is 1.40 bits per heavy atom. The van der Waals surface area contributed by atoms with Gasteiger partial charge in [-0.05, 0) is 13.3 Å². The van der Waals surface area contributed by atoms with Crippen molar-refractivity contribution in [3.8, 4) is 0 Å². The van der Waals surface area contributed by atoms with Gasteiger partial charge in [0.05, 0.1) is 0 Å². The Morgan fingerprint density at radius 3 is 2.33 bits per heavy atom. The average molecular weight is 214 g/mol. The highest BCUT2D eigenvalue weighted by Crippen LogP contribution is 2.38. The minimum atomic E-state index is -1.39. The van der Waals surface area contributed by atoms with Crippen molar-refractivity contribution in [1.29, 1.82) is 0 Å². The summed E-state index contributed by atoms with van der Waals surface area (Å²) in [5.74, 6) is -0.556. The predicted molar refractivity (Wildman–Crippen MR) is 54.2 cm³/mol. The zero-order valence-electron chi connectivity index (χ0n) is 9.66. The monoisotopic (exact) mass is 214 g/mol. The normalized spacial score (nSPS) is 35.0. The van der Waals surface area contributed by atoms with Crippen LogP contribution in [0.15, 0.2) is 0 Å². The number of ketones is 1. The summed E-state index contributed by atoms with van der Waals surface area (Å²) in [6.45, 7) is 6.34. The molecule has 1 aliphatic carbocycles. The first-order valence-corrected chi connectivity index (χ1v) is 5.10. The summed E-state index contributed by atoms with van der Waals surface area (Å²) in [6, 6.07) is 0. The lowest BCUT2D eigenvalue weighted by Gasteiger charge is -2.41. The van der Waals surface area contributed by atoms with Gasteiger partial charge in [-0.15, -0.1) is 0 Å². The Morgan fingerprint density at radius 2 is 1.93 bits per heavy atom. The van der Waals surface area contributed by atoms with E-state index in [1.54, 1.807) is 13.8 Å². The molecule has 0 aliphatic heterocycles. The summed E-state index contributed by atoms with van der Waals surface area (Å²) < 4.78 is 5.06. The molecule has 0 aromatic heterocycles. The number of rotatable bonds is 1. The summed E-state index contributed by atoms with van der Waals surface area (Å²) in [6.07, 6.45) is 0.293. The summed E-state index contributed by atoms with van der Waals surface area (Å²) in [4.78, 5) is 22.6. The second-order valence-corrected chi connectivity index (χ2v) is 5.13. The van der Waals surface area contributed by atoms with Crippen molar-refractivity contribution in [3.05, 3.63) is 0 Å². The molecule has 1 fully saturated rings. The zero-order valence-corrected chi connectivity index (χ0v) is 9.66. The van der Waals surface area contributed by atoms with Gasteiger partial charge in [0.25, 0.3) is 0 Å². The fraction of sp³-hybridized carbons (Fsp3) is 0.818. The highest BCUT2D eigenvalue weighted by atomic mass is 16.5. The van der Waals surface area contributed by atoms with Crippen LogP contribution in [0.1, 0.15) is 40.5 Å². The Hall–Kier alpha value is -0.900. The third kappa shape index (κ3) is 2.56. The van der Waals surface area contributed by atoms with Gasteiger partial charge >= 0.3 is 5.97 Å². The Kier molecular flexibility index (Phi) is 2.92. The van der Waals surface area contributed by atoms with Crippen LogP contribution < -0.4 is 0 Å². The molecule has 4 heteroatoms. The fourth-order valence-corrected chi connectivity index (χ4v) is 2.32. The summed E-state index contributed by atoms with van der Waals surface area (Å²) in [5, 5.41) is 9.92. The van der Waals surface area contributed by atoms with Gasteiger partial charge in [0.1, 0.15) is 11.7 Å². The highest BCUT2D eigenvalue weighted by Gasteiger charge is 2.49. The number of hydrogen-bond donors (Lipinski definition) is 1. The Bertz CT molecular complexity index is 271. The van der Waals surface area contributed by atoms with Crippen LogP contribution in [0.25, 0.3) is 0 Å². The molecule has 4 nitrogen and oxygen atoms in total. The summed E-state index contributed by atoms with van der Waals surface area (Å²) >= 11 is 0. The van der Waals surface area contributed by atoms with Crippen molar-refractivity contribution in [1.82, 2.24) is 0 Å². The average Bonchev–Trinajstić information content (AvgIpc) is 1.97. The van der Waals surface area contributed by atoms with Crippen molar-refractivity contribution in [2.24, 2.45) is 5.41 Å². The smallest absolute Gasteiger partial charge is 0.302 e. The van der Waals surface area contributed by atoms with Crippen molar-refractivity contribution < 1.29 is 19.4 Å². The van der Waals surface area contributed by atoms with E-state index in [2.05, 4.69) is 0 Å². The largest absolute Gasteiger partial charge is 0.462 e. The molecule has 0 saturated heterocycles. The van der Waals surface area contributed by atoms with E-state index in [1.165, 1.54) is 13.8 Å². The van der Waals surface area contributed by atoms with E-state index in [4.69, 9.17) is 4.74 Å². The lowest BCUT2D eigenvalue weighted by Crippen LogP contribution is -2.53. The third-order valence-electron chi connectivity index (χ3n) is 2.80. The van der Waals surface area contributed by atoms with Gasteiger partial charge in [-0.2, -0.15) is 0 Å². The molecule has 1 N–H and O–H groups in total. The summed E-state index contributed by atoms with van der Waals surface area (Å²) in [7, 11) is 0. The van der Waals surface area contributed by atoms with E-state index in [0.29, 0.717) is 6.42 Å². The topological polar surface area (TPSA) is 63.6 Å². The van der Waals surface area contributed by atoms with Gasteiger partial charge in [-0.1, -0.05) is 13.8 Å². The zero-order chi connectivity index (χ0) is 11.9. The molecule has 1 aliphatic rings. The Balaban J connectivity index is 2.84. The Labute approximate surface area is 89.6 Å². The summed E-state index contributed by atoms with van der Waals surface area (Å²) in [5.41, 5.74) is -2.02. The van der Waals surface area contributed by atoms with Crippen molar-refractivity contribution in [2.45, 2.75) is 52.2 Å². The first-order valence-electron chi connectivity index (χ1n) is 5.10. The first kappa shape index (κ1) is 12.2. The SMILES string of the molecule is CC(=O)O[C@H]1CC(C)(C)C(=O)[C@](C)(O)C1. The van der Waals surface area contributed by atoms with Crippen LogP contribution in [0, 0.1) is 5.41 Å². The van der Waals surface area contributed by atoms with Gasteiger partial charge < -0.3 is 9.84 Å². The fourth-order valence-electron chi connectivity index (χ4n) is 2.32. The molecule has 0 aromatic rings. The third-order valence-corrected chi connectivity index (χ3v) is 2.80. The van der Waals surface area contributed by atoms with Gasteiger partial charge in [-0.25, -0.2) is 0 Å². The van der Waals surface area contributed by atoms with Gasteiger partial charge in [-0.3, -0.25) is 9.59 Å². The highest BCUT2D eigenvalue weighted by molar-refractivity contribution is 5.92. The molecule has 0 unspecified atom stereocenters. The lowest BCUT2D eigenvalue weighted by molar-refractivity contribution is -0.168. The van der Waals surface area contributed by atoms with Crippen LogP contribution in [-0.4, -0.2) is 28.6 Å². The molecule has 15 heavy (non-hydrogen) atoms. The number of esters is 1. The minimum absolute atomic E-state index is 0.182. The number of Topliss-reactive ketones (excluding diaryl/α,β-unsaturated/α-hetero) is 1. The molecule has 1 saturated carbocycles. The molecule has 0 spiro atoms. The molecule has 0 radical (unpaired) electrons. The molecule has 0 amide bonds. The van der Waals surface area contributed by atoms with Crippen LogP contribution in [0.3, 0.4) is 0 Å². The molecule has 2 atom stereocenters. The van der Waals surface area contributed by atoms with Crippen LogP contribution in [0.2, 0.25) is 0 Å². The molecule has 0 heterocycles. The minimum Gasteiger partial charge on any atom is -0.462 e. The molecule has 0 bridgehead atoms. The molecular weight excluding hydrogens is 196 g/mol. The maximum atomic E-state index is 11.8. The van der Waals surface area contributed by atoms with Crippen molar-refractivity contribution >= 4 is 11.8 Å². The molecule has 86 valence electrons. The number of carbonyl (C=O) groups is 2. The van der Waals surface area contributed by atoms with Gasteiger partial charge in [0, 0.05) is 18.8 Å². The van der Waals surface area contributed by atoms with Crippen LogP contribution >= 0.6 is 0 Å². The van der Waals surface area contributed by atoms with E-state index in [9.17, 15) is 14.7 Å². The number of hydrogen-bond acceptors (Lipinski definition) is 4. The van der Waals surface area contributed by atoms with E-state index in [1.807, 2.05) is 0 Å². The predicted octanol–water partition coefficient (Wildman–Crippen LogP) is 1.06. The van der Waals surface area contributed by atoms with Crippen LogP contribution in [0.5, 0.6) is 0 Å². The van der Waals surface area contributed by atoms with Crippen molar-refractivity contribution in [2.75, 3.05) is 0 Å². The first-order chi connectivity index (χ1) is 6.65. The standard InChI is InChI=1S/C11H18O4/c1-7(12)15-8-5-10(2,3)9(13)11(4,14)6-8/h8,14H,5-6H2,1-4H3/t8-,11+/m0/s1. The number of aliphatic hydroxyl groups is 1. The molecular formula is C11H18O4. The van der Waals surface area contributed by atoms with Gasteiger partial charge in [0.15, 0.2) is 5.78 Å². The van der Waals surface area contributed by atoms with Crippen LogP contribution in [0.4, 0.5) is 0 Å². The number of carbonyl (C=O) groups excluding carboxylic acids is 2. The molecule has 0 aromatic carbocycles. The number of ether oxygens (including phenoxy) is 1. The van der Waals surface area contributed by atoms with E-state index >= 15 is 0 Å². The maximum absolute atomic E-state index is 11.8. The molecule has 1 rings (SSSR count). The second-order valence-electron chi connectivity index (χ2n) is 5.13. The van der Waals surface area contributed by atoms with E-state index < -0.39 is 11.0 Å². The quantitative estimate of drug-likeness (QED) is 0.663. The van der Waals surface area contributed by atoms with E-state index in [-0.39, 0.29) is 24.3 Å². The van der Waals surface area contributed by atoms with Crippen LogP contribution in [-0.2, 0) is 14.3 Å². The van der Waals surface area contributed by atoms with Crippen molar-refractivity contribution in [3.63, 3.8) is 0 Å². The van der Waals surface area contributed by atoms with Gasteiger partial charge in [0.2, 0.25) is 0 Å².